The monoisotopic (exact) mass is 385 g/mol. The lowest BCUT2D eigenvalue weighted by Crippen LogP contribution is -2.31. The van der Waals surface area contributed by atoms with Gasteiger partial charge in [0.15, 0.2) is 5.11 Å². The van der Waals surface area contributed by atoms with Crippen molar-refractivity contribution in [3.8, 4) is 0 Å². The zero-order valence-electron chi connectivity index (χ0n) is 15.2. The van der Waals surface area contributed by atoms with Crippen molar-refractivity contribution in [2.45, 2.75) is 13.8 Å². The molecule has 8 heteroatoms. The molecule has 2 aromatic carbocycles. The van der Waals surface area contributed by atoms with E-state index in [4.69, 9.17) is 12.2 Å². The molecule has 0 saturated heterocycles. The van der Waals surface area contributed by atoms with Crippen LogP contribution in [0.5, 0.6) is 0 Å². The normalized spacial score (nSPS) is 10.0. The summed E-state index contributed by atoms with van der Waals surface area (Å²) in [5.74, 6) is 0.288. The number of carbonyl (C=O) groups is 2. The molecule has 2 amide bonds. The number of anilines is 3. The number of hydrogen-bond donors (Lipinski definition) is 5. The standard InChI is InChI=1S/C19H23N5O2S/c1-13(2)11-20-19(27)23-16-5-3-14(4-6-16)18(26)22-15-7-9-17(10-8-15)24-21-12-25/h3-10,12-13,24H,11H2,1-2H3,(H,21,25)(H,22,26)(H2,20,23,27). The molecule has 0 spiro atoms. The summed E-state index contributed by atoms with van der Waals surface area (Å²) in [7, 11) is 0. The number of rotatable bonds is 8. The average Bonchev–Trinajstić information content (AvgIpc) is 2.66. The Morgan fingerprint density at radius 2 is 1.52 bits per heavy atom. The van der Waals surface area contributed by atoms with E-state index in [1.807, 2.05) is 0 Å². The quantitative estimate of drug-likeness (QED) is 0.272. The van der Waals surface area contributed by atoms with E-state index in [-0.39, 0.29) is 5.91 Å². The Bertz CT molecular complexity index is 776. The second kappa shape index (κ2) is 10.1. The van der Waals surface area contributed by atoms with E-state index in [2.05, 4.69) is 40.6 Å². The molecule has 7 nitrogen and oxygen atoms in total. The first-order valence-corrected chi connectivity index (χ1v) is 8.90. The molecular formula is C19H23N5O2S. The minimum absolute atomic E-state index is 0.214. The first kappa shape index (κ1) is 20.2. The van der Waals surface area contributed by atoms with Crippen molar-refractivity contribution in [3.63, 3.8) is 0 Å². The van der Waals surface area contributed by atoms with Gasteiger partial charge in [-0.1, -0.05) is 13.8 Å². The van der Waals surface area contributed by atoms with Gasteiger partial charge in [-0.05, 0) is 66.7 Å². The number of thiocarbonyl (C=S) groups is 1. The van der Waals surface area contributed by atoms with Crippen LogP contribution in [0.2, 0.25) is 0 Å². The summed E-state index contributed by atoms with van der Waals surface area (Å²) >= 11 is 5.23. The predicted molar refractivity (Wildman–Crippen MR) is 113 cm³/mol. The first-order valence-electron chi connectivity index (χ1n) is 8.49. The van der Waals surface area contributed by atoms with E-state index in [0.29, 0.717) is 34.4 Å². The van der Waals surface area contributed by atoms with Crippen LogP contribution in [0.4, 0.5) is 17.1 Å². The highest BCUT2D eigenvalue weighted by atomic mass is 32.1. The Labute approximate surface area is 163 Å². The van der Waals surface area contributed by atoms with E-state index in [1.54, 1.807) is 48.5 Å². The Hall–Kier alpha value is -3.13. The molecule has 0 atom stereocenters. The zero-order valence-corrected chi connectivity index (χ0v) is 16.0. The van der Waals surface area contributed by atoms with Gasteiger partial charge in [0.25, 0.3) is 5.91 Å². The van der Waals surface area contributed by atoms with Gasteiger partial charge >= 0.3 is 0 Å². The molecule has 142 valence electrons. The topological polar surface area (TPSA) is 94.3 Å². The van der Waals surface area contributed by atoms with Crippen LogP contribution < -0.4 is 26.8 Å². The minimum atomic E-state index is -0.214. The molecule has 0 aliphatic rings. The zero-order chi connectivity index (χ0) is 19.6. The van der Waals surface area contributed by atoms with Crippen molar-refractivity contribution in [1.82, 2.24) is 10.7 Å². The molecule has 2 rings (SSSR count). The summed E-state index contributed by atoms with van der Waals surface area (Å²) in [6.07, 6.45) is 0.543. The molecule has 0 radical (unpaired) electrons. The van der Waals surface area contributed by atoms with Crippen LogP contribution in [0.1, 0.15) is 24.2 Å². The molecule has 0 saturated carbocycles. The minimum Gasteiger partial charge on any atom is -0.362 e. The smallest absolute Gasteiger partial charge is 0.255 e. The van der Waals surface area contributed by atoms with Crippen molar-refractivity contribution in [3.05, 3.63) is 54.1 Å². The lowest BCUT2D eigenvalue weighted by Gasteiger charge is -2.12. The van der Waals surface area contributed by atoms with Crippen molar-refractivity contribution in [2.24, 2.45) is 5.92 Å². The summed E-state index contributed by atoms with van der Waals surface area (Å²) in [4.78, 5) is 22.6. The summed E-state index contributed by atoms with van der Waals surface area (Å²) in [6.45, 7) is 5.01. The summed E-state index contributed by atoms with van der Waals surface area (Å²) in [5.41, 5.74) is 7.74. The molecule has 0 aromatic heterocycles. The third-order valence-electron chi connectivity index (χ3n) is 3.49. The van der Waals surface area contributed by atoms with Crippen molar-refractivity contribution >= 4 is 46.7 Å². The third-order valence-corrected chi connectivity index (χ3v) is 3.74. The summed E-state index contributed by atoms with van der Waals surface area (Å²) < 4.78 is 0. The molecule has 2 aromatic rings. The van der Waals surface area contributed by atoms with Gasteiger partial charge in [-0.2, -0.15) is 0 Å². The molecule has 0 unspecified atom stereocenters. The second-order valence-corrected chi connectivity index (χ2v) is 6.63. The van der Waals surface area contributed by atoms with Gasteiger partial charge in [-0.25, -0.2) is 0 Å². The fourth-order valence-corrected chi connectivity index (χ4v) is 2.33. The maximum absolute atomic E-state index is 12.3. The van der Waals surface area contributed by atoms with Gasteiger partial charge in [-0.15, -0.1) is 0 Å². The van der Waals surface area contributed by atoms with Crippen LogP contribution in [0.25, 0.3) is 0 Å². The SMILES string of the molecule is CC(C)CNC(=S)Nc1ccc(C(=O)Nc2ccc(NNC=O)cc2)cc1. The summed E-state index contributed by atoms with van der Waals surface area (Å²) in [6, 6.07) is 14.0. The molecule has 0 heterocycles. The van der Waals surface area contributed by atoms with E-state index in [1.165, 1.54) is 0 Å². The maximum Gasteiger partial charge on any atom is 0.255 e. The molecule has 0 aliphatic heterocycles. The van der Waals surface area contributed by atoms with E-state index in [0.717, 1.165) is 12.2 Å². The summed E-state index contributed by atoms with van der Waals surface area (Å²) in [5, 5.41) is 9.59. The second-order valence-electron chi connectivity index (χ2n) is 6.22. The van der Waals surface area contributed by atoms with Crippen molar-refractivity contribution < 1.29 is 9.59 Å². The number of amides is 2. The number of hydrazine groups is 1. The highest BCUT2D eigenvalue weighted by Crippen LogP contribution is 2.15. The molecular weight excluding hydrogens is 362 g/mol. The highest BCUT2D eigenvalue weighted by molar-refractivity contribution is 7.80. The lowest BCUT2D eigenvalue weighted by atomic mass is 10.2. The molecule has 0 bridgehead atoms. The third kappa shape index (κ3) is 6.95. The van der Waals surface area contributed by atoms with Crippen LogP contribution in [-0.4, -0.2) is 24.0 Å². The van der Waals surface area contributed by atoms with Gasteiger partial charge in [-0.3, -0.25) is 20.4 Å². The van der Waals surface area contributed by atoms with Crippen LogP contribution in [0.3, 0.4) is 0 Å². The maximum atomic E-state index is 12.3. The number of nitrogens with one attached hydrogen (secondary N) is 5. The van der Waals surface area contributed by atoms with E-state index >= 15 is 0 Å². The fraction of sp³-hybridized carbons (Fsp3) is 0.211. The molecule has 0 fully saturated rings. The van der Waals surface area contributed by atoms with E-state index < -0.39 is 0 Å². The van der Waals surface area contributed by atoms with Crippen molar-refractivity contribution in [2.75, 3.05) is 22.6 Å². The lowest BCUT2D eigenvalue weighted by molar-refractivity contribution is -0.109. The van der Waals surface area contributed by atoms with Crippen LogP contribution >= 0.6 is 12.2 Å². The largest absolute Gasteiger partial charge is 0.362 e. The number of carbonyl (C=O) groups excluding carboxylic acids is 2. The van der Waals surface area contributed by atoms with Gasteiger partial charge in [0, 0.05) is 23.5 Å². The Morgan fingerprint density at radius 3 is 2.11 bits per heavy atom. The van der Waals surface area contributed by atoms with Gasteiger partial charge in [0.05, 0.1) is 5.69 Å². The average molecular weight is 385 g/mol. The van der Waals surface area contributed by atoms with Crippen molar-refractivity contribution in [1.29, 1.82) is 0 Å². The van der Waals surface area contributed by atoms with Crippen LogP contribution in [-0.2, 0) is 4.79 Å². The van der Waals surface area contributed by atoms with Gasteiger partial charge < -0.3 is 16.0 Å². The van der Waals surface area contributed by atoms with Gasteiger partial charge in [0.2, 0.25) is 6.41 Å². The molecule has 27 heavy (non-hydrogen) atoms. The Balaban J connectivity index is 1.89. The first-order chi connectivity index (χ1) is 13.0. The van der Waals surface area contributed by atoms with Gasteiger partial charge in [0.1, 0.15) is 0 Å². The van der Waals surface area contributed by atoms with E-state index in [9.17, 15) is 9.59 Å². The molecule has 0 aliphatic carbocycles. The van der Waals surface area contributed by atoms with Crippen LogP contribution in [0, 0.1) is 5.92 Å². The Morgan fingerprint density at radius 1 is 0.963 bits per heavy atom. The Kier molecular flexibility index (Phi) is 7.57. The highest BCUT2D eigenvalue weighted by Gasteiger charge is 2.07. The molecule has 5 N–H and O–H groups in total. The number of hydrogen-bond acceptors (Lipinski definition) is 4. The number of benzene rings is 2. The predicted octanol–water partition coefficient (Wildman–Crippen LogP) is 2.95. The fourth-order valence-electron chi connectivity index (χ4n) is 2.13. The van der Waals surface area contributed by atoms with Crippen LogP contribution in [0.15, 0.2) is 48.5 Å².